The third-order valence-corrected chi connectivity index (χ3v) is 1.63. The Hall–Kier alpha value is -1.23. The Morgan fingerprint density at radius 2 is 2.15 bits per heavy atom. The summed E-state index contributed by atoms with van der Waals surface area (Å²) in [6.45, 7) is 0. The second kappa shape index (κ2) is 3.66. The number of halogens is 3. The van der Waals surface area contributed by atoms with E-state index < -0.39 is 23.1 Å². The smallest absolute Gasteiger partial charge is 0.354 e. The number of aromatic nitrogens is 1. The predicted molar refractivity (Wildman–Crippen MR) is 41.2 cm³/mol. The largest absolute Gasteiger partial charge is 0.477 e. The molecule has 0 aliphatic carbocycles. The third-order valence-electron chi connectivity index (χ3n) is 1.33. The van der Waals surface area contributed by atoms with Gasteiger partial charge in [0.15, 0.2) is 0 Å². The van der Waals surface area contributed by atoms with Crippen LogP contribution in [0.4, 0.5) is 8.78 Å². The number of carboxylic acids is 1. The standard InChI is InChI=1S/C7H4ClF2NO2/c8-5-3(6(9)10)1-2-4(11-5)7(12)13/h1-2,6H,(H,12,13). The third kappa shape index (κ3) is 2.12. The summed E-state index contributed by atoms with van der Waals surface area (Å²) in [6, 6.07) is 1.93. The second-order valence-corrected chi connectivity index (χ2v) is 2.54. The van der Waals surface area contributed by atoms with E-state index in [2.05, 4.69) is 4.98 Å². The molecule has 0 fully saturated rings. The monoisotopic (exact) mass is 207 g/mol. The van der Waals surface area contributed by atoms with Crippen LogP contribution in [0.2, 0.25) is 5.15 Å². The van der Waals surface area contributed by atoms with Gasteiger partial charge in [0, 0.05) is 0 Å². The van der Waals surface area contributed by atoms with Gasteiger partial charge in [0.1, 0.15) is 10.8 Å². The summed E-state index contributed by atoms with van der Waals surface area (Å²) >= 11 is 5.31. The fraction of sp³-hybridized carbons (Fsp3) is 0.143. The van der Waals surface area contributed by atoms with E-state index in [4.69, 9.17) is 16.7 Å². The van der Waals surface area contributed by atoms with E-state index in [0.29, 0.717) is 0 Å². The van der Waals surface area contributed by atoms with Gasteiger partial charge >= 0.3 is 5.97 Å². The highest BCUT2D eigenvalue weighted by Crippen LogP contribution is 2.25. The topological polar surface area (TPSA) is 50.2 Å². The van der Waals surface area contributed by atoms with Crippen LogP contribution < -0.4 is 0 Å². The summed E-state index contributed by atoms with van der Waals surface area (Å²) in [4.78, 5) is 13.6. The summed E-state index contributed by atoms with van der Waals surface area (Å²) in [5.74, 6) is -1.30. The van der Waals surface area contributed by atoms with Crippen molar-refractivity contribution in [2.24, 2.45) is 0 Å². The lowest BCUT2D eigenvalue weighted by atomic mass is 10.2. The minimum absolute atomic E-state index is 0.352. The lowest BCUT2D eigenvalue weighted by Crippen LogP contribution is -2.01. The predicted octanol–water partition coefficient (Wildman–Crippen LogP) is 2.37. The molecule has 0 amide bonds. The van der Waals surface area contributed by atoms with E-state index in [0.717, 1.165) is 12.1 Å². The first-order chi connectivity index (χ1) is 6.02. The van der Waals surface area contributed by atoms with E-state index in [1.807, 2.05) is 0 Å². The molecule has 0 aromatic carbocycles. The Bertz CT molecular complexity index is 343. The lowest BCUT2D eigenvalue weighted by Gasteiger charge is -2.01. The number of aromatic carboxylic acids is 1. The molecule has 0 bridgehead atoms. The SMILES string of the molecule is O=C(O)c1ccc(C(F)F)c(Cl)n1. The molecular weight excluding hydrogens is 204 g/mol. The first-order valence-corrected chi connectivity index (χ1v) is 3.58. The fourth-order valence-electron chi connectivity index (χ4n) is 0.727. The molecule has 1 aromatic rings. The minimum atomic E-state index is -2.75. The molecule has 6 heteroatoms. The average molecular weight is 208 g/mol. The van der Waals surface area contributed by atoms with Crippen LogP contribution in [0.3, 0.4) is 0 Å². The maximum absolute atomic E-state index is 12.1. The van der Waals surface area contributed by atoms with Gasteiger partial charge in [0.25, 0.3) is 6.43 Å². The van der Waals surface area contributed by atoms with Crippen molar-refractivity contribution < 1.29 is 18.7 Å². The van der Waals surface area contributed by atoms with Crippen molar-refractivity contribution >= 4 is 17.6 Å². The Morgan fingerprint density at radius 3 is 2.54 bits per heavy atom. The zero-order valence-corrected chi connectivity index (χ0v) is 6.92. The van der Waals surface area contributed by atoms with Gasteiger partial charge in [0.2, 0.25) is 0 Å². The zero-order chi connectivity index (χ0) is 10.0. The number of carboxylic acid groups (broad SMARTS) is 1. The van der Waals surface area contributed by atoms with E-state index >= 15 is 0 Å². The Labute approximate surface area is 77.0 Å². The van der Waals surface area contributed by atoms with Gasteiger partial charge in [-0.2, -0.15) is 0 Å². The van der Waals surface area contributed by atoms with Crippen LogP contribution in [-0.2, 0) is 0 Å². The Balaban J connectivity index is 3.13. The number of rotatable bonds is 2. The summed E-state index contributed by atoms with van der Waals surface area (Å²) < 4.78 is 24.2. The fourth-order valence-corrected chi connectivity index (χ4v) is 0.963. The van der Waals surface area contributed by atoms with Crippen molar-refractivity contribution in [1.82, 2.24) is 4.98 Å². The molecule has 1 aromatic heterocycles. The minimum Gasteiger partial charge on any atom is -0.477 e. The maximum Gasteiger partial charge on any atom is 0.354 e. The molecule has 3 nitrogen and oxygen atoms in total. The zero-order valence-electron chi connectivity index (χ0n) is 6.17. The summed E-state index contributed by atoms with van der Waals surface area (Å²) in [5, 5.41) is 7.95. The molecule has 0 saturated carbocycles. The van der Waals surface area contributed by atoms with Gasteiger partial charge in [-0.3, -0.25) is 0 Å². The molecule has 0 aliphatic rings. The number of pyridine rings is 1. The highest BCUT2D eigenvalue weighted by molar-refractivity contribution is 6.30. The van der Waals surface area contributed by atoms with Gasteiger partial charge < -0.3 is 5.11 Å². The van der Waals surface area contributed by atoms with Crippen LogP contribution in [0.1, 0.15) is 22.5 Å². The Morgan fingerprint density at radius 1 is 1.54 bits per heavy atom. The molecule has 0 spiro atoms. The first kappa shape index (κ1) is 9.85. The first-order valence-electron chi connectivity index (χ1n) is 3.20. The summed E-state index contributed by atoms with van der Waals surface area (Å²) in [7, 11) is 0. The molecule has 0 unspecified atom stereocenters. The molecule has 0 saturated heterocycles. The normalized spacial score (nSPS) is 10.5. The van der Waals surface area contributed by atoms with Crippen LogP contribution in [0.15, 0.2) is 12.1 Å². The number of hydrogen-bond acceptors (Lipinski definition) is 2. The second-order valence-electron chi connectivity index (χ2n) is 2.18. The van der Waals surface area contributed by atoms with Gasteiger partial charge in [-0.15, -0.1) is 0 Å². The Kier molecular flexibility index (Phi) is 2.77. The van der Waals surface area contributed by atoms with Crippen LogP contribution in [0, 0.1) is 0 Å². The average Bonchev–Trinajstić information content (AvgIpc) is 2.03. The van der Waals surface area contributed by atoms with Crippen molar-refractivity contribution in [1.29, 1.82) is 0 Å². The molecule has 70 valence electrons. The summed E-state index contributed by atoms with van der Waals surface area (Å²) in [5.41, 5.74) is -0.818. The van der Waals surface area contributed by atoms with E-state index in [-0.39, 0.29) is 5.69 Å². The highest BCUT2D eigenvalue weighted by Gasteiger charge is 2.15. The molecule has 0 radical (unpaired) electrons. The van der Waals surface area contributed by atoms with Crippen molar-refractivity contribution in [2.45, 2.75) is 6.43 Å². The number of carbonyl (C=O) groups is 1. The van der Waals surface area contributed by atoms with Crippen LogP contribution in [0.5, 0.6) is 0 Å². The molecule has 1 N–H and O–H groups in total. The molecule has 0 aliphatic heterocycles. The van der Waals surface area contributed by atoms with Crippen LogP contribution >= 0.6 is 11.6 Å². The number of alkyl halides is 2. The van der Waals surface area contributed by atoms with Crippen molar-refractivity contribution in [3.63, 3.8) is 0 Å². The quantitative estimate of drug-likeness (QED) is 0.758. The van der Waals surface area contributed by atoms with Gasteiger partial charge in [-0.1, -0.05) is 11.6 Å². The van der Waals surface area contributed by atoms with E-state index in [1.54, 1.807) is 0 Å². The van der Waals surface area contributed by atoms with Gasteiger partial charge in [0.05, 0.1) is 5.56 Å². The highest BCUT2D eigenvalue weighted by atomic mass is 35.5. The number of hydrogen-bond donors (Lipinski definition) is 1. The summed E-state index contributed by atoms with van der Waals surface area (Å²) in [6.07, 6.45) is -2.75. The van der Waals surface area contributed by atoms with E-state index in [9.17, 15) is 13.6 Å². The lowest BCUT2D eigenvalue weighted by molar-refractivity contribution is 0.0690. The maximum atomic E-state index is 12.1. The molecule has 1 heterocycles. The van der Waals surface area contributed by atoms with E-state index in [1.165, 1.54) is 0 Å². The molecule has 0 atom stereocenters. The van der Waals surface area contributed by atoms with Crippen molar-refractivity contribution in [3.8, 4) is 0 Å². The number of nitrogens with zero attached hydrogens (tertiary/aromatic N) is 1. The van der Waals surface area contributed by atoms with Crippen molar-refractivity contribution in [2.75, 3.05) is 0 Å². The molecular formula is C7H4ClF2NO2. The van der Waals surface area contributed by atoms with Crippen LogP contribution in [-0.4, -0.2) is 16.1 Å². The molecule has 13 heavy (non-hydrogen) atoms. The van der Waals surface area contributed by atoms with Crippen molar-refractivity contribution in [3.05, 3.63) is 28.5 Å². The van der Waals surface area contributed by atoms with Gasteiger partial charge in [-0.25, -0.2) is 18.6 Å². The molecule has 1 rings (SSSR count). The van der Waals surface area contributed by atoms with Gasteiger partial charge in [-0.05, 0) is 12.1 Å². The van der Waals surface area contributed by atoms with Crippen LogP contribution in [0.25, 0.3) is 0 Å².